The van der Waals surface area contributed by atoms with Gasteiger partial charge in [-0.05, 0) is 41.8 Å². The highest BCUT2D eigenvalue weighted by molar-refractivity contribution is 6.30. The number of halogens is 1. The third kappa shape index (κ3) is 6.30. The third-order valence-corrected chi connectivity index (χ3v) is 3.67. The second-order valence-corrected chi connectivity index (χ2v) is 5.61. The lowest BCUT2D eigenvalue weighted by atomic mass is 10.1. The van der Waals surface area contributed by atoms with Crippen LogP contribution in [-0.4, -0.2) is 26.1 Å². The highest BCUT2D eigenvalue weighted by Crippen LogP contribution is 2.11. The van der Waals surface area contributed by atoms with Crippen LogP contribution in [0.15, 0.2) is 48.5 Å². The van der Waals surface area contributed by atoms with E-state index in [2.05, 4.69) is 10.6 Å². The van der Waals surface area contributed by atoms with Gasteiger partial charge in [-0.15, -0.1) is 0 Å². The molecule has 0 unspecified atom stereocenters. The van der Waals surface area contributed by atoms with Crippen molar-refractivity contribution in [1.29, 1.82) is 0 Å². The molecule has 0 aliphatic carbocycles. The maximum atomic E-state index is 11.8. The molecule has 0 heterocycles. The van der Waals surface area contributed by atoms with Gasteiger partial charge in [-0.1, -0.05) is 35.9 Å². The van der Waals surface area contributed by atoms with Gasteiger partial charge < -0.3 is 15.4 Å². The van der Waals surface area contributed by atoms with Gasteiger partial charge in [0, 0.05) is 18.1 Å². The lowest BCUT2D eigenvalue weighted by Crippen LogP contribution is -2.34. The molecule has 0 bridgehead atoms. The monoisotopic (exact) mass is 332 g/mol. The Morgan fingerprint density at radius 2 is 1.70 bits per heavy atom. The van der Waals surface area contributed by atoms with Crippen molar-refractivity contribution in [1.82, 2.24) is 10.6 Å². The Hall–Kier alpha value is -2.04. The summed E-state index contributed by atoms with van der Waals surface area (Å²) in [6.45, 7) is 1.56. The predicted octanol–water partition coefficient (Wildman–Crippen LogP) is 2.80. The fraction of sp³-hybridized carbons (Fsp3) is 0.278. The van der Waals surface area contributed by atoms with Crippen LogP contribution in [0.1, 0.15) is 11.1 Å². The molecule has 122 valence electrons. The third-order valence-electron chi connectivity index (χ3n) is 3.42. The Morgan fingerprint density at radius 1 is 1.04 bits per heavy atom. The van der Waals surface area contributed by atoms with Gasteiger partial charge in [0.05, 0.1) is 13.7 Å². The molecule has 2 aromatic carbocycles. The molecule has 0 aliphatic rings. The number of amides is 1. The normalized spacial score (nSPS) is 10.3. The Morgan fingerprint density at radius 3 is 2.35 bits per heavy atom. The van der Waals surface area contributed by atoms with Crippen LogP contribution in [-0.2, 0) is 17.8 Å². The van der Waals surface area contributed by atoms with Crippen LogP contribution in [0.3, 0.4) is 0 Å². The number of nitrogens with one attached hydrogen (secondary N) is 2. The van der Waals surface area contributed by atoms with E-state index in [0.717, 1.165) is 28.3 Å². The molecule has 23 heavy (non-hydrogen) atoms. The van der Waals surface area contributed by atoms with Crippen LogP contribution in [0.5, 0.6) is 5.75 Å². The van der Waals surface area contributed by atoms with Crippen LogP contribution in [0.2, 0.25) is 5.02 Å². The van der Waals surface area contributed by atoms with E-state index in [9.17, 15) is 4.79 Å². The SMILES string of the molecule is COc1ccc(CNCC(=O)NCCc2ccc(Cl)cc2)cc1. The van der Waals surface area contributed by atoms with Crippen molar-refractivity contribution < 1.29 is 9.53 Å². The van der Waals surface area contributed by atoms with Crippen LogP contribution in [0.4, 0.5) is 0 Å². The first-order valence-electron chi connectivity index (χ1n) is 7.52. The summed E-state index contributed by atoms with van der Waals surface area (Å²) >= 11 is 5.84. The molecular weight excluding hydrogens is 312 g/mol. The van der Waals surface area contributed by atoms with Crippen molar-refractivity contribution in [2.75, 3.05) is 20.2 Å². The fourth-order valence-corrected chi connectivity index (χ4v) is 2.25. The van der Waals surface area contributed by atoms with Crippen LogP contribution in [0.25, 0.3) is 0 Å². The van der Waals surface area contributed by atoms with Crippen molar-refractivity contribution in [2.24, 2.45) is 0 Å². The summed E-state index contributed by atoms with van der Waals surface area (Å²) in [5.74, 6) is 0.821. The fourth-order valence-electron chi connectivity index (χ4n) is 2.12. The molecule has 0 atom stereocenters. The quantitative estimate of drug-likeness (QED) is 0.781. The summed E-state index contributed by atoms with van der Waals surface area (Å²) in [4.78, 5) is 11.8. The minimum absolute atomic E-state index is 0.00697. The lowest BCUT2D eigenvalue weighted by molar-refractivity contribution is -0.120. The molecule has 0 saturated carbocycles. The maximum Gasteiger partial charge on any atom is 0.233 e. The van der Waals surface area contributed by atoms with Gasteiger partial charge in [-0.3, -0.25) is 4.79 Å². The van der Waals surface area contributed by atoms with Crippen molar-refractivity contribution in [2.45, 2.75) is 13.0 Å². The van der Waals surface area contributed by atoms with E-state index >= 15 is 0 Å². The molecule has 0 aliphatic heterocycles. The van der Waals surface area contributed by atoms with Gasteiger partial charge in [0.1, 0.15) is 5.75 Å². The molecule has 5 heteroatoms. The summed E-state index contributed by atoms with van der Waals surface area (Å²) in [5.41, 5.74) is 2.26. The summed E-state index contributed by atoms with van der Waals surface area (Å²) < 4.78 is 5.11. The second-order valence-electron chi connectivity index (χ2n) is 5.18. The summed E-state index contributed by atoms with van der Waals surface area (Å²) in [6.07, 6.45) is 0.793. The van der Waals surface area contributed by atoms with E-state index in [0.29, 0.717) is 19.6 Å². The Balaban J connectivity index is 1.62. The molecule has 2 N–H and O–H groups in total. The molecular formula is C18H21ClN2O2. The number of carbonyl (C=O) groups excluding carboxylic acids is 1. The van der Waals surface area contributed by atoms with Crippen molar-refractivity contribution in [3.05, 3.63) is 64.7 Å². The van der Waals surface area contributed by atoms with Gasteiger partial charge in [0.25, 0.3) is 0 Å². The van der Waals surface area contributed by atoms with Crippen LogP contribution in [0, 0.1) is 0 Å². The Bertz CT molecular complexity index is 612. The number of ether oxygens (including phenoxy) is 1. The first kappa shape index (κ1) is 17.3. The van der Waals surface area contributed by atoms with Crippen molar-refractivity contribution in [3.63, 3.8) is 0 Å². The van der Waals surface area contributed by atoms with E-state index in [-0.39, 0.29) is 5.91 Å². The highest BCUT2D eigenvalue weighted by Gasteiger charge is 2.01. The Labute approximate surface area is 141 Å². The van der Waals surface area contributed by atoms with Gasteiger partial charge >= 0.3 is 0 Å². The van der Waals surface area contributed by atoms with Crippen LogP contribution < -0.4 is 15.4 Å². The number of rotatable bonds is 8. The van der Waals surface area contributed by atoms with Crippen LogP contribution >= 0.6 is 11.6 Å². The minimum Gasteiger partial charge on any atom is -0.497 e. The molecule has 0 aromatic heterocycles. The smallest absolute Gasteiger partial charge is 0.233 e. The zero-order valence-electron chi connectivity index (χ0n) is 13.1. The number of methoxy groups -OCH3 is 1. The molecule has 2 aromatic rings. The number of carbonyl (C=O) groups is 1. The summed E-state index contributed by atoms with van der Waals surface area (Å²) in [5, 5.41) is 6.74. The molecule has 0 fully saturated rings. The van der Waals surface area contributed by atoms with E-state index in [1.807, 2.05) is 48.5 Å². The van der Waals surface area contributed by atoms with E-state index in [4.69, 9.17) is 16.3 Å². The number of hydrogen-bond acceptors (Lipinski definition) is 3. The van der Waals surface area contributed by atoms with Crippen molar-refractivity contribution in [3.8, 4) is 5.75 Å². The first-order chi connectivity index (χ1) is 11.2. The number of hydrogen-bond donors (Lipinski definition) is 2. The summed E-state index contributed by atoms with van der Waals surface area (Å²) in [6, 6.07) is 15.4. The zero-order valence-corrected chi connectivity index (χ0v) is 13.9. The number of benzene rings is 2. The summed E-state index contributed by atoms with van der Waals surface area (Å²) in [7, 11) is 1.64. The minimum atomic E-state index is -0.00697. The molecule has 2 rings (SSSR count). The van der Waals surface area contributed by atoms with Gasteiger partial charge in [-0.25, -0.2) is 0 Å². The average molecular weight is 333 g/mol. The van der Waals surface area contributed by atoms with E-state index in [1.165, 1.54) is 0 Å². The van der Waals surface area contributed by atoms with Gasteiger partial charge in [-0.2, -0.15) is 0 Å². The highest BCUT2D eigenvalue weighted by atomic mass is 35.5. The Kier molecular flexibility index (Phi) is 6.91. The second kappa shape index (κ2) is 9.18. The molecule has 0 saturated heterocycles. The average Bonchev–Trinajstić information content (AvgIpc) is 2.57. The standard InChI is InChI=1S/C18H21ClN2O2/c1-23-17-8-4-15(5-9-17)12-20-13-18(22)21-11-10-14-2-6-16(19)7-3-14/h2-9,20H,10-13H2,1H3,(H,21,22). The molecule has 1 amide bonds. The molecule has 0 radical (unpaired) electrons. The van der Waals surface area contributed by atoms with Gasteiger partial charge in [0.2, 0.25) is 5.91 Å². The van der Waals surface area contributed by atoms with Gasteiger partial charge in [0.15, 0.2) is 0 Å². The maximum absolute atomic E-state index is 11.8. The molecule has 4 nitrogen and oxygen atoms in total. The topological polar surface area (TPSA) is 50.4 Å². The zero-order chi connectivity index (χ0) is 16.5. The van der Waals surface area contributed by atoms with Crippen molar-refractivity contribution >= 4 is 17.5 Å². The lowest BCUT2D eigenvalue weighted by Gasteiger charge is -2.08. The first-order valence-corrected chi connectivity index (χ1v) is 7.90. The molecule has 0 spiro atoms. The van der Waals surface area contributed by atoms with E-state index < -0.39 is 0 Å². The van der Waals surface area contributed by atoms with E-state index in [1.54, 1.807) is 7.11 Å². The largest absolute Gasteiger partial charge is 0.497 e. The predicted molar refractivity (Wildman–Crippen MR) is 92.9 cm³/mol.